The first-order valence-corrected chi connectivity index (χ1v) is 9.30. The summed E-state index contributed by atoms with van der Waals surface area (Å²) in [6, 6.07) is 10.7. The Morgan fingerprint density at radius 3 is 2.75 bits per heavy atom. The minimum absolute atomic E-state index is 0.187. The molecule has 2 aromatic heterocycles. The fourth-order valence-corrected chi connectivity index (χ4v) is 4.28. The lowest BCUT2D eigenvalue weighted by atomic mass is 10.2. The van der Waals surface area contributed by atoms with Crippen LogP contribution < -0.4 is 0 Å². The molecule has 0 amide bonds. The molecule has 0 radical (unpaired) electrons. The average molecular weight is 339 g/mol. The molecule has 0 N–H and O–H groups in total. The standard InChI is InChI=1S/C19H21N3OS/c1-12-10-15(13(2)22(12)14-8-9-14)18(23)11-24-19-20-16-6-4-5-7-17(16)21(19)3/h4-7,10,14H,8-9,11H2,1-3H3. The fourth-order valence-electron chi connectivity index (χ4n) is 3.41. The quantitative estimate of drug-likeness (QED) is 0.514. The zero-order valence-electron chi connectivity index (χ0n) is 14.2. The summed E-state index contributed by atoms with van der Waals surface area (Å²) in [5, 5.41) is 0.889. The van der Waals surface area contributed by atoms with Gasteiger partial charge in [-0.2, -0.15) is 0 Å². The van der Waals surface area contributed by atoms with Crippen molar-refractivity contribution in [2.45, 2.75) is 37.9 Å². The van der Waals surface area contributed by atoms with Crippen LogP contribution in [0.4, 0.5) is 0 Å². The molecule has 124 valence electrons. The molecule has 0 spiro atoms. The highest BCUT2D eigenvalue weighted by atomic mass is 32.2. The van der Waals surface area contributed by atoms with Crippen LogP contribution in [0.1, 0.15) is 40.6 Å². The van der Waals surface area contributed by atoms with Crippen LogP contribution in [0.25, 0.3) is 11.0 Å². The molecule has 3 aromatic rings. The van der Waals surface area contributed by atoms with E-state index in [2.05, 4.69) is 34.0 Å². The predicted molar refractivity (Wildman–Crippen MR) is 97.9 cm³/mol. The summed E-state index contributed by atoms with van der Waals surface area (Å²) in [5.41, 5.74) is 5.25. The van der Waals surface area contributed by atoms with E-state index in [1.54, 1.807) is 0 Å². The van der Waals surface area contributed by atoms with Gasteiger partial charge in [0, 0.05) is 30.0 Å². The number of hydrogen-bond donors (Lipinski definition) is 0. The molecule has 1 saturated carbocycles. The zero-order chi connectivity index (χ0) is 16.8. The number of thioether (sulfide) groups is 1. The van der Waals surface area contributed by atoms with Crippen molar-refractivity contribution in [2.24, 2.45) is 7.05 Å². The Kier molecular flexibility index (Phi) is 3.76. The molecular formula is C19H21N3OS. The molecule has 0 bridgehead atoms. The number of rotatable bonds is 5. The minimum atomic E-state index is 0.187. The van der Waals surface area contributed by atoms with E-state index in [4.69, 9.17) is 0 Å². The summed E-state index contributed by atoms with van der Waals surface area (Å²) in [6.07, 6.45) is 2.47. The number of carbonyl (C=O) groups is 1. The first kappa shape index (κ1) is 15.5. The second-order valence-corrected chi connectivity index (χ2v) is 7.48. The first-order chi connectivity index (χ1) is 11.6. The minimum Gasteiger partial charge on any atom is -0.345 e. The van der Waals surface area contributed by atoms with Crippen molar-refractivity contribution in [2.75, 3.05) is 5.75 Å². The number of hydrogen-bond acceptors (Lipinski definition) is 3. The lowest BCUT2D eigenvalue weighted by molar-refractivity contribution is 0.102. The van der Waals surface area contributed by atoms with E-state index in [0.29, 0.717) is 11.8 Å². The van der Waals surface area contributed by atoms with Crippen molar-refractivity contribution >= 4 is 28.6 Å². The molecule has 1 fully saturated rings. The van der Waals surface area contributed by atoms with Crippen molar-refractivity contribution in [3.63, 3.8) is 0 Å². The van der Waals surface area contributed by atoms with Crippen molar-refractivity contribution in [1.29, 1.82) is 0 Å². The smallest absolute Gasteiger partial charge is 0.175 e. The number of fused-ring (bicyclic) bond motifs is 1. The van der Waals surface area contributed by atoms with E-state index in [9.17, 15) is 4.79 Å². The lowest BCUT2D eigenvalue weighted by Gasteiger charge is -2.07. The van der Waals surface area contributed by atoms with E-state index >= 15 is 0 Å². The van der Waals surface area contributed by atoms with Gasteiger partial charge in [0.2, 0.25) is 0 Å². The Labute approximate surface area is 145 Å². The Morgan fingerprint density at radius 2 is 2.04 bits per heavy atom. The van der Waals surface area contributed by atoms with Crippen LogP contribution in [0, 0.1) is 13.8 Å². The monoisotopic (exact) mass is 339 g/mol. The van der Waals surface area contributed by atoms with Gasteiger partial charge in [0.15, 0.2) is 10.9 Å². The number of carbonyl (C=O) groups excluding carboxylic acids is 1. The van der Waals surface area contributed by atoms with Gasteiger partial charge in [-0.3, -0.25) is 4.79 Å². The zero-order valence-corrected chi connectivity index (χ0v) is 15.1. The number of aryl methyl sites for hydroxylation is 2. The molecule has 0 aliphatic heterocycles. The first-order valence-electron chi connectivity index (χ1n) is 8.32. The molecule has 1 aliphatic carbocycles. The van der Waals surface area contributed by atoms with Crippen LogP contribution in [0.2, 0.25) is 0 Å². The Morgan fingerprint density at radius 1 is 1.29 bits per heavy atom. The van der Waals surface area contributed by atoms with E-state index in [1.165, 1.54) is 30.3 Å². The van der Waals surface area contributed by atoms with Gasteiger partial charge < -0.3 is 9.13 Å². The summed E-state index contributed by atoms with van der Waals surface area (Å²) in [7, 11) is 2.00. The molecule has 1 aliphatic rings. The molecule has 4 rings (SSSR count). The number of imidazole rings is 1. The van der Waals surface area contributed by atoms with E-state index < -0.39 is 0 Å². The lowest BCUT2D eigenvalue weighted by Crippen LogP contribution is -2.06. The van der Waals surface area contributed by atoms with Crippen LogP contribution in [0.3, 0.4) is 0 Å². The van der Waals surface area contributed by atoms with Crippen molar-refractivity contribution in [3.05, 3.63) is 47.3 Å². The van der Waals surface area contributed by atoms with Crippen molar-refractivity contribution in [1.82, 2.24) is 14.1 Å². The molecule has 24 heavy (non-hydrogen) atoms. The van der Waals surface area contributed by atoms with E-state index in [0.717, 1.165) is 27.4 Å². The second kappa shape index (κ2) is 5.81. The van der Waals surface area contributed by atoms with Gasteiger partial charge in [0.1, 0.15) is 0 Å². The molecule has 4 nitrogen and oxygen atoms in total. The molecule has 0 saturated heterocycles. The van der Waals surface area contributed by atoms with Crippen LogP contribution in [0.5, 0.6) is 0 Å². The Hall–Kier alpha value is -2.01. The topological polar surface area (TPSA) is 39.8 Å². The third-order valence-electron chi connectivity index (χ3n) is 4.78. The second-order valence-electron chi connectivity index (χ2n) is 6.54. The van der Waals surface area contributed by atoms with Gasteiger partial charge in [0.05, 0.1) is 16.8 Å². The maximum atomic E-state index is 12.7. The average Bonchev–Trinajstić information content (AvgIpc) is 3.29. The number of Topliss-reactive ketones (excluding diaryl/α,β-unsaturated/α-hetero) is 1. The molecule has 0 atom stereocenters. The summed E-state index contributed by atoms with van der Waals surface area (Å²) in [6.45, 7) is 4.17. The SMILES string of the molecule is Cc1cc(C(=O)CSc2nc3ccccc3n2C)c(C)n1C1CC1. The highest BCUT2D eigenvalue weighted by molar-refractivity contribution is 7.99. The number of benzene rings is 1. The third kappa shape index (κ3) is 2.57. The summed E-state index contributed by atoms with van der Waals surface area (Å²) < 4.78 is 4.38. The molecule has 0 unspecified atom stereocenters. The summed E-state index contributed by atoms with van der Waals surface area (Å²) >= 11 is 1.52. The maximum Gasteiger partial charge on any atom is 0.175 e. The highest BCUT2D eigenvalue weighted by Gasteiger charge is 2.28. The van der Waals surface area contributed by atoms with Gasteiger partial charge >= 0.3 is 0 Å². The summed E-state index contributed by atoms with van der Waals surface area (Å²) in [5.74, 6) is 0.610. The number of para-hydroxylation sites is 2. The maximum absolute atomic E-state index is 12.7. The van der Waals surface area contributed by atoms with E-state index in [-0.39, 0.29) is 5.78 Å². The van der Waals surface area contributed by atoms with Crippen LogP contribution in [-0.2, 0) is 7.05 Å². The normalized spacial score (nSPS) is 14.5. The highest BCUT2D eigenvalue weighted by Crippen LogP contribution is 2.38. The number of aromatic nitrogens is 3. The van der Waals surface area contributed by atoms with Crippen molar-refractivity contribution in [3.8, 4) is 0 Å². The van der Waals surface area contributed by atoms with Gasteiger partial charge in [-0.15, -0.1) is 0 Å². The fraction of sp³-hybridized carbons (Fsp3) is 0.368. The van der Waals surface area contributed by atoms with Crippen molar-refractivity contribution < 1.29 is 4.79 Å². The largest absolute Gasteiger partial charge is 0.345 e. The molecular weight excluding hydrogens is 318 g/mol. The number of nitrogens with zero attached hydrogens (tertiary/aromatic N) is 3. The van der Waals surface area contributed by atoms with Crippen LogP contribution in [0.15, 0.2) is 35.5 Å². The third-order valence-corrected chi connectivity index (χ3v) is 5.81. The van der Waals surface area contributed by atoms with Gasteiger partial charge in [-0.1, -0.05) is 23.9 Å². The van der Waals surface area contributed by atoms with Crippen LogP contribution in [-0.4, -0.2) is 25.7 Å². The summed E-state index contributed by atoms with van der Waals surface area (Å²) in [4.78, 5) is 17.3. The molecule has 1 aromatic carbocycles. The Balaban J connectivity index is 1.54. The predicted octanol–water partition coefficient (Wildman–Crippen LogP) is 4.30. The van der Waals surface area contributed by atoms with Crippen LogP contribution >= 0.6 is 11.8 Å². The Bertz CT molecular complexity index is 934. The molecule has 2 heterocycles. The van der Waals surface area contributed by atoms with Gasteiger partial charge in [0.25, 0.3) is 0 Å². The van der Waals surface area contributed by atoms with Gasteiger partial charge in [-0.25, -0.2) is 4.98 Å². The molecule has 5 heteroatoms. The van der Waals surface area contributed by atoms with Gasteiger partial charge in [-0.05, 0) is 44.9 Å². The van der Waals surface area contributed by atoms with E-state index in [1.807, 2.05) is 31.3 Å². The number of ketones is 1.